The van der Waals surface area contributed by atoms with Crippen molar-refractivity contribution in [3.05, 3.63) is 54.1 Å². The Balaban J connectivity index is 2.04. The van der Waals surface area contributed by atoms with Crippen LogP contribution in [0, 0.1) is 5.41 Å². The summed E-state index contributed by atoms with van der Waals surface area (Å²) < 4.78 is 21.1. The molecule has 0 amide bonds. The van der Waals surface area contributed by atoms with E-state index < -0.39 is 23.3 Å². The summed E-state index contributed by atoms with van der Waals surface area (Å²) in [7, 11) is 0. The minimum atomic E-state index is -2.28. The second-order valence-corrected chi connectivity index (χ2v) is 6.93. The van der Waals surface area contributed by atoms with Gasteiger partial charge >= 0.3 is 17.9 Å². The monoisotopic (exact) mass is 439 g/mol. The first-order valence-electron chi connectivity index (χ1n) is 10.4. The number of esters is 3. The standard InChI is InChI=1S/C24H25NO7/c1-4-29-21(26)24(22(27)30-5-2,23(28)31-6-3)15-16-12-13-18-19(14-16)32-20(25-18)17-10-8-7-9-11-17/h7-14H,4-6,15H2,1-3H3. The molecule has 8 nitrogen and oxygen atoms in total. The molecule has 8 heteroatoms. The molecule has 3 rings (SSSR count). The number of nitrogens with zero attached hydrogens (tertiary/aromatic N) is 1. The molecular weight excluding hydrogens is 414 g/mol. The van der Waals surface area contributed by atoms with Crippen LogP contribution in [0.25, 0.3) is 22.6 Å². The first-order valence-corrected chi connectivity index (χ1v) is 10.4. The van der Waals surface area contributed by atoms with Crippen molar-refractivity contribution in [1.82, 2.24) is 4.98 Å². The van der Waals surface area contributed by atoms with E-state index in [0.29, 0.717) is 22.6 Å². The molecule has 0 fully saturated rings. The van der Waals surface area contributed by atoms with Crippen LogP contribution in [0.1, 0.15) is 26.3 Å². The Morgan fingerprint density at radius 2 is 1.41 bits per heavy atom. The summed E-state index contributed by atoms with van der Waals surface area (Å²) in [6.45, 7) is 4.73. The maximum Gasteiger partial charge on any atom is 0.335 e. The van der Waals surface area contributed by atoms with E-state index >= 15 is 0 Å². The summed E-state index contributed by atoms with van der Waals surface area (Å²) in [4.78, 5) is 43.2. The minimum Gasteiger partial charge on any atom is -0.465 e. The zero-order chi connectivity index (χ0) is 23.1. The first-order chi connectivity index (χ1) is 15.5. The number of rotatable bonds is 9. The summed E-state index contributed by atoms with van der Waals surface area (Å²) in [6.07, 6.45) is -0.305. The van der Waals surface area contributed by atoms with Gasteiger partial charge in [-0.2, -0.15) is 0 Å². The van der Waals surface area contributed by atoms with Crippen LogP contribution in [0.4, 0.5) is 0 Å². The van der Waals surface area contributed by atoms with E-state index in [1.54, 1.807) is 39.0 Å². The molecular formula is C24H25NO7. The summed E-state index contributed by atoms with van der Waals surface area (Å²) in [5.41, 5.74) is 0.0675. The Hall–Kier alpha value is -3.68. The molecule has 1 heterocycles. The van der Waals surface area contributed by atoms with Crippen LogP contribution in [0.3, 0.4) is 0 Å². The summed E-state index contributed by atoms with van der Waals surface area (Å²) >= 11 is 0. The number of ether oxygens (including phenoxy) is 3. The molecule has 0 bridgehead atoms. The first kappa shape index (κ1) is 23.0. The van der Waals surface area contributed by atoms with Crippen molar-refractivity contribution in [3.8, 4) is 11.5 Å². The molecule has 0 unspecified atom stereocenters. The van der Waals surface area contributed by atoms with Gasteiger partial charge in [-0.1, -0.05) is 24.3 Å². The van der Waals surface area contributed by atoms with Crippen molar-refractivity contribution in [2.45, 2.75) is 27.2 Å². The molecule has 0 aliphatic heterocycles. The Labute approximate surface area is 185 Å². The van der Waals surface area contributed by atoms with Gasteiger partial charge in [0.15, 0.2) is 5.58 Å². The van der Waals surface area contributed by atoms with Gasteiger partial charge in [0.2, 0.25) is 5.89 Å². The van der Waals surface area contributed by atoms with Crippen molar-refractivity contribution in [3.63, 3.8) is 0 Å². The van der Waals surface area contributed by atoms with Crippen LogP contribution >= 0.6 is 0 Å². The number of fused-ring (bicyclic) bond motifs is 1. The van der Waals surface area contributed by atoms with E-state index in [-0.39, 0.29) is 26.2 Å². The van der Waals surface area contributed by atoms with E-state index in [1.807, 2.05) is 30.3 Å². The molecule has 0 aliphatic rings. The number of hydrogen-bond acceptors (Lipinski definition) is 8. The average Bonchev–Trinajstić information content (AvgIpc) is 3.22. The maximum atomic E-state index is 12.9. The zero-order valence-corrected chi connectivity index (χ0v) is 18.3. The molecule has 0 radical (unpaired) electrons. The molecule has 0 saturated carbocycles. The van der Waals surface area contributed by atoms with Crippen LogP contribution in [-0.4, -0.2) is 42.7 Å². The summed E-state index contributed by atoms with van der Waals surface area (Å²) in [5, 5.41) is 0. The molecule has 168 valence electrons. The number of carbonyl (C=O) groups is 3. The van der Waals surface area contributed by atoms with Crippen molar-refractivity contribution < 1.29 is 33.0 Å². The quantitative estimate of drug-likeness (QED) is 0.282. The molecule has 32 heavy (non-hydrogen) atoms. The Bertz CT molecular complexity index is 1060. The molecule has 2 aromatic carbocycles. The van der Waals surface area contributed by atoms with Gasteiger partial charge < -0.3 is 18.6 Å². The second kappa shape index (κ2) is 10.1. The van der Waals surface area contributed by atoms with Crippen LogP contribution < -0.4 is 0 Å². The number of oxazole rings is 1. The average molecular weight is 439 g/mol. The van der Waals surface area contributed by atoms with Gasteiger partial charge in [-0.3, -0.25) is 14.4 Å². The van der Waals surface area contributed by atoms with E-state index in [9.17, 15) is 14.4 Å². The number of aromatic nitrogens is 1. The highest BCUT2D eigenvalue weighted by molar-refractivity contribution is 6.18. The molecule has 0 N–H and O–H groups in total. The van der Waals surface area contributed by atoms with Crippen LogP contribution in [0.5, 0.6) is 0 Å². The number of hydrogen-bond donors (Lipinski definition) is 0. The molecule has 3 aromatic rings. The number of carbonyl (C=O) groups excluding carboxylic acids is 3. The normalized spacial score (nSPS) is 11.2. The van der Waals surface area contributed by atoms with Crippen LogP contribution in [0.15, 0.2) is 52.9 Å². The molecule has 0 spiro atoms. The predicted molar refractivity (Wildman–Crippen MR) is 115 cm³/mol. The highest BCUT2D eigenvalue weighted by atomic mass is 16.6. The van der Waals surface area contributed by atoms with Gasteiger partial charge in [-0.15, -0.1) is 0 Å². The van der Waals surface area contributed by atoms with E-state index in [0.717, 1.165) is 5.56 Å². The second-order valence-electron chi connectivity index (χ2n) is 6.93. The van der Waals surface area contributed by atoms with E-state index in [2.05, 4.69) is 4.98 Å². The topological polar surface area (TPSA) is 105 Å². The minimum absolute atomic E-state index is 0.0129. The van der Waals surface area contributed by atoms with Gasteiger partial charge in [0.25, 0.3) is 5.41 Å². The summed E-state index contributed by atoms with van der Waals surface area (Å²) in [5.74, 6) is -2.61. The van der Waals surface area contributed by atoms with Crippen molar-refractivity contribution in [1.29, 1.82) is 0 Å². The largest absolute Gasteiger partial charge is 0.465 e. The zero-order valence-electron chi connectivity index (χ0n) is 18.3. The third kappa shape index (κ3) is 4.49. The summed E-state index contributed by atoms with van der Waals surface area (Å²) in [6, 6.07) is 14.4. The Morgan fingerprint density at radius 1 is 0.844 bits per heavy atom. The lowest BCUT2D eigenvalue weighted by Crippen LogP contribution is -2.51. The molecule has 0 aliphatic carbocycles. The van der Waals surface area contributed by atoms with Crippen molar-refractivity contribution in [2.24, 2.45) is 5.41 Å². The fourth-order valence-electron chi connectivity index (χ4n) is 3.32. The van der Waals surface area contributed by atoms with Gasteiger partial charge in [-0.25, -0.2) is 4.98 Å². The fraction of sp³-hybridized carbons (Fsp3) is 0.333. The Morgan fingerprint density at radius 3 is 1.94 bits per heavy atom. The highest BCUT2D eigenvalue weighted by Crippen LogP contribution is 2.32. The van der Waals surface area contributed by atoms with Gasteiger partial charge in [0.1, 0.15) is 5.52 Å². The highest BCUT2D eigenvalue weighted by Gasteiger charge is 2.57. The smallest absolute Gasteiger partial charge is 0.335 e. The van der Waals surface area contributed by atoms with Gasteiger partial charge in [0, 0.05) is 12.0 Å². The van der Waals surface area contributed by atoms with Crippen molar-refractivity contribution >= 4 is 29.0 Å². The SMILES string of the molecule is CCOC(=O)C(Cc1ccc2nc(-c3ccccc3)oc2c1)(C(=O)OCC)C(=O)OCC. The number of benzene rings is 2. The molecule has 0 saturated heterocycles. The van der Waals surface area contributed by atoms with E-state index in [4.69, 9.17) is 18.6 Å². The van der Waals surface area contributed by atoms with Crippen LogP contribution in [0.2, 0.25) is 0 Å². The Kier molecular flexibility index (Phi) is 7.25. The lowest BCUT2D eigenvalue weighted by Gasteiger charge is -2.27. The third-order valence-electron chi connectivity index (χ3n) is 4.81. The fourth-order valence-corrected chi connectivity index (χ4v) is 3.32. The third-order valence-corrected chi connectivity index (χ3v) is 4.81. The van der Waals surface area contributed by atoms with Gasteiger partial charge in [-0.05, 0) is 50.6 Å². The van der Waals surface area contributed by atoms with Crippen molar-refractivity contribution in [2.75, 3.05) is 19.8 Å². The van der Waals surface area contributed by atoms with Crippen LogP contribution in [-0.2, 0) is 35.0 Å². The molecule has 1 aromatic heterocycles. The predicted octanol–water partition coefficient (Wildman–Crippen LogP) is 3.71. The maximum absolute atomic E-state index is 12.9. The lowest BCUT2D eigenvalue weighted by molar-refractivity contribution is -0.183. The lowest BCUT2D eigenvalue weighted by atomic mass is 9.81. The van der Waals surface area contributed by atoms with Gasteiger partial charge in [0.05, 0.1) is 19.8 Å². The molecule has 0 atom stereocenters. The van der Waals surface area contributed by atoms with E-state index in [1.165, 1.54) is 0 Å².